The van der Waals surface area contributed by atoms with Crippen LogP contribution in [0, 0.1) is 0 Å². The van der Waals surface area contributed by atoms with E-state index in [1.807, 2.05) is 24.3 Å². The zero-order chi connectivity index (χ0) is 14.7. The summed E-state index contributed by atoms with van der Waals surface area (Å²) in [6.45, 7) is 3.65. The SMILES string of the molecule is CCCOc1ccc(C(=O)C2CCCN2)c2cccnc12. The van der Waals surface area contributed by atoms with Crippen molar-refractivity contribution in [3.63, 3.8) is 0 Å². The van der Waals surface area contributed by atoms with Crippen LogP contribution in [-0.4, -0.2) is 30.0 Å². The molecule has 110 valence electrons. The molecule has 1 N–H and O–H groups in total. The van der Waals surface area contributed by atoms with Crippen molar-refractivity contribution in [3.8, 4) is 5.75 Å². The Bertz CT molecular complexity index is 648. The van der Waals surface area contributed by atoms with Gasteiger partial charge in [-0.05, 0) is 44.0 Å². The van der Waals surface area contributed by atoms with Gasteiger partial charge < -0.3 is 10.1 Å². The number of carbonyl (C=O) groups is 1. The average molecular weight is 284 g/mol. The molecule has 0 saturated carbocycles. The van der Waals surface area contributed by atoms with Gasteiger partial charge in [0.15, 0.2) is 5.78 Å². The number of Topliss-reactive ketones (excluding diaryl/α,β-unsaturated/α-hetero) is 1. The van der Waals surface area contributed by atoms with Gasteiger partial charge in [-0.15, -0.1) is 0 Å². The number of hydrogen-bond donors (Lipinski definition) is 1. The van der Waals surface area contributed by atoms with Crippen LogP contribution in [0.3, 0.4) is 0 Å². The van der Waals surface area contributed by atoms with E-state index < -0.39 is 0 Å². The van der Waals surface area contributed by atoms with Gasteiger partial charge in [0.05, 0.1) is 12.6 Å². The average Bonchev–Trinajstić information content (AvgIpc) is 3.06. The lowest BCUT2D eigenvalue weighted by molar-refractivity contribution is 0.0954. The maximum atomic E-state index is 12.7. The number of fused-ring (bicyclic) bond motifs is 1. The van der Waals surface area contributed by atoms with Crippen LogP contribution in [-0.2, 0) is 0 Å². The van der Waals surface area contributed by atoms with Crippen LogP contribution in [0.25, 0.3) is 10.9 Å². The molecule has 0 radical (unpaired) electrons. The largest absolute Gasteiger partial charge is 0.491 e. The molecule has 1 saturated heterocycles. The third-order valence-electron chi connectivity index (χ3n) is 3.84. The van der Waals surface area contributed by atoms with Gasteiger partial charge in [-0.25, -0.2) is 0 Å². The summed E-state index contributed by atoms with van der Waals surface area (Å²) >= 11 is 0. The summed E-state index contributed by atoms with van der Waals surface area (Å²) in [5.74, 6) is 0.913. The molecule has 1 aromatic carbocycles. The van der Waals surface area contributed by atoms with E-state index in [-0.39, 0.29) is 11.8 Å². The second kappa shape index (κ2) is 6.22. The first-order valence-electron chi connectivity index (χ1n) is 7.59. The van der Waals surface area contributed by atoms with Crippen LogP contribution in [0.15, 0.2) is 30.5 Å². The Morgan fingerprint density at radius 1 is 1.43 bits per heavy atom. The Labute approximate surface area is 124 Å². The number of nitrogens with one attached hydrogen (secondary N) is 1. The van der Waals surface area contributed by atoms with Crippen molar-refractivity contribution in [1.82, 2.24) is 10.3 Å². The van der Waals surface area contributed by atoms with Gasteiger partial charge >= 0.3 is 0 Å². The number of carbonyl (C=O) groups excluding carboxylic acids is 1. The van der Waals surface area contributed by atoms with Crippen LogP contribution < -0.4 is 10.1 Å². The van der Waals surface area contributed by atoms with Crippen molar-refractivity contribution in [1.29, 1.82) is 0 Å². The maximum absolute atomic E-state index is 12.7. The normalized spacial score (nSPS) is 18.0. The van der Waals surface area contributed by atoms with Crippen molar-refractivity contribution in [2.75, 3.05) is 13.2 Å². The van der Waals surface area contributed by atoms with Crippen molar-refractivity contribution < 1.29 is 9.53 Å². The van der Waals surface area contributed by atoms with Crippen molar-refractivity contribution in [3.05, 3.63) is 36.0 Å². The van der Waals surface area contributed by atoms with E-state index in [0.29, 0.717) is 6.61 Å². The molecule has 1 aliphatic rings. The van der Waals surface area contributed by atoms with Crippen molar-refractivity contribution in [2.24, 2.45) is 0 Å². The fraction of sp³-hybridized carbons (Fsp3) is 0.412. The fourth-order valence-corrected chi connectivity index (χ4v) is 2.79. The summed E-state index contributed by atoms with van der Waals surface area (Å²) in [5, 5.41) is 4.15. The highest BCUT2D eigenvalue weighted by molar-refractivity contribution is 6.11. The summed E-state index contributed by atoms with van der Waals surface area (Å²) in [5.41, 5.74) is 1.51. The summed E-state index contributed by atoms with van der Waals surface area (Å²) in [6.07, 6.45) is 4.66. The Kier molecular flexibility index (Phi) is 4.15. The molecule has 4 heteroatoms. The molecule has 0 bridgehead atoms. The Morgan fingerprint density at radius 2 is 2.33 bits per heavy atom. The maximum Gasteiger partial charge on any atom is 0.180 e. The molecule has 1 fully saturated rings. The smallest absolute Gasteiger partial charge is 0.180 e. The monoisotopic (exact) mass is 284 g/mol. The van der Waals surface area contributed by atoms with E-state index in [2.05, 4.69) is 17.2 Å². The van der Waals surface area contributed by atoms with Gasteiger partial charge in [-0.1, -0.05) is 13.0 Å². The molecule has 4 nitrogen and oxygen atoms in total. The van der Waals surface area contributed by atoms with Crippen molar-refractivity contribution in [2.45, 2.75) is 32.2 Å². The van der Waals surface area contributed by atoms with Crippen LogP contribution in [0.5, 0.6) is 5.75 Å². The molecule has 3 rings (SSSR count). The minimum Gasteiger partial charge on any atom is -0.491 e. The quantitative estimate of drug-likeness (QED) is 0.858. The topological polar surface area (TPSA) is 51.2 Å². The molecule has 0 amide bonds. The minimum atomic E-state index is -0.0594. The van der Waals surface area contributed by atoms with E-state index >= 15 is 0 Å². The molecule has 0 spiro atoms. The highest BCUT2D eigenvalue weighted by Crippen LogP contribution is 2.28. The second-order valence-corrected chi connectivity index (χ2v) is 5.37. The number of ether oxygens (including phenoxy) is 1. The molecule has 21 heavy (non-hydrogen) atoms. The fourth-order valence-electron chi connectivity index (χ4n) is 2.79. The van der Waals surface area contributed by atoms with Crippen LogP contribution in [0.4, 0.5) is 0 Å². The second-order valence-electron chi connectivity index (χ2n) is 5.37. The van der Waals surface area contributed by atoms with E-state index in [0.717, 1.165) is 48.0 Å². The molecule has 1 aromatic heterocycles. The zero-order valence-corrected chi connectivity index (χ0v) is 12.3. The summed E-state index contributed by atoms with van der Waals surface area (Å²) in [7, 11) is 0. The molecule has 2 heterocycles. The highest BCUT2D eigenvalue weighted by Gasteiger charge is 2.25. The van der Waals surface area contributed by atoms with E-state index in [1.165, 1.54) is 0 Å². The molecule has 0 aliphatic carbocycles. The number of nitrogens with zero attached hydrogens (tertiary/aromatic N) is 1. The van der Waals surface area contributed by atoms with Gasteiger partial charge in [-0.3, -0.25) is 9.78 Å². The van der Waals surface area contributed by atoms with E-state index in [1.54, 1.807) is 6.20 Å². The van der Waals surface area contributed by atoms with Gasteiger partial charge in [0.2, 0.25) is 0 Å². The first-order chi connectivity index (χ1) is 10.3. The van der Waals surface area contributed by atoms with E-state index in [9.17, 15) is 4.79 Å². The Balaban J connectivity index is 2.01. The van der Waals surface area contributed by atoms with Gasteiger partial charge in [0.1, 0.15) is 11.3 Å². The minimum absolute atomic E-state index is 0.0594. The molecule has 1 aliphatic heterocycles. The summed E-state index contributed by atoms with van der Waals surface area (Å²) in [4.78, 5) is 17.1. The standard InChI is InChI=1S/C17H20N2O2/c1-2-11-21-15-8-7-13(12-5-3-10-19-16(12)15)17(20)14-6-4-9-18-14/h3,5,7-8,10,14,18H,2,4,6,9,11H2,1H3. The molecule has 1 unspecified atom stereocenters. The Hall–Kier alpha value is -1.94. The van der Waals surface area contributed by atoms with E-state index in [4.69, 9.17) is 4.74 Å². The number of hydrogen-bond acceptors (Lipinski definition) is 4. The molecule has 1 atom stereocenters. The molecular formula is C17H20N2O2. The lowest BCUT2D eigenvalue weighted by Crippen LogP contribution is -2.30. The summed E-state index contributed by atoms with van der Waals surface area (Å²) < 4.78 is 5.74. The zero-order valence-electron chi connectivity index (χ0n) is 12.3. The summed E-state index contributed by atoms with van der Waals surface area (Å²) in [6, 6.07) is 7.49. The third kappa shape index (κ3) is 2.76. The van der Waals surface area contributed by atoms with Crippen LogP contribution in [0.2, 0.25) is 0 Å². The Morgan fingerprint density at radius 3 is 3.10 bits per heavy atom. The number of aromatic nitrogens is 1. The predicted octanol–water partition coefficient (Wildman–Crippen LogP) is 2.96. The van der Waals surface area contributed by atoms with Gasteiger partial charge in [-0.2, -0.15) is 0 Å². The molecular weight excluding hydrogens is 264 g/mol. The van der Waals surface area contributed by atoms with Crippen molar-refractivity contribution >= 4 is 16.7 Å². The van der Waals surface area contributed by atoms with Crippen LogP contribution in [0.1, 0.15) is 36.5 Å². The first-order valence-corrected chi connectivity index (χ1v) is 7.59. The molecule has 2 aromatic rings. The lowest BCUT2D eigenvalue weighted by Gasteiger charge is -2.13. The predicted molar refractivity (Wildman–Crippen MR) is 82.9 cm³/mol. The number of benzene rings is 1. The van der Waals surface area contributed by atoms with Gasteiger partial charge in [0.25, 0.3) is 0 Å². The number of ketones is 1. The highest BCUT2D eigenvalue weighted by atomic mass is 16.5. The lowest BCUT2D eigenvalue weighted by atomic mass is 9.98. The number of rotatable bonds is 5. The first kappa shape index (κ1) is 14.0. The number of pyridine rings is 1. The van der Waals surface area contributed by atoms with Crippen LogP contribution >= 0.6 is 0 Å². The third-order valence-corrected chi connectivity index (χ3v) is 3.84. The van der Waals surface area contributed by atoms with Gasteiger partial charge in [0, 0.05) is 17.1 Å².